The fourth-order valence-corrected chi connectivity index (χ4v) is 3.70. The van der Waals surface area contributed by atoms with Crippen molar-refractivity contribution >= 4 is 16.9 Å². The van der Waals surface area contributed by atoms with Crippen molar-refractivity contribution in [2.75, 3.05) is 21.3 Å². The molecule has 1 heterocycles. The van der Waals surface area contributed by atoms with E-state index in [0.717, 1.165) is 16.8 Å². The lowest BCUT2D eigenvalue weighted by atomic mass is 10.1. The number of nitrogens with one attached hydrogen (secondary N) is 2. The molecule has 0 aliphatic carbocycles. The molecule has 3 N–H and O–H groups in total. The van der Waals surface area contributed by atoms with Crippen molar-refractivity contribution in [1.29, 1.82) is 0 Å². The van der Waals surface area contributed by atoms with E-state index in [1.165, 1.54) is 38.8 Å². The van der Waals surface area contributed by atoms with Gasteiger partial charge in [-0.2, -0.15) is 0 Å². The fraction of sp³-hybridized carbons (Fsp3) is 0.192. The lowest BCUT2D eigenvalue weighted by Gasteiger charge is -2.13. The fourth-order valence-electron chi connectivity index (χ4n) is 3.70. The number of rotatable bonds is 9. The first-order valence-corrected chi connectivity index (χ1v) is 10.6. The maximum atomic E-state index is 12.8. The van der Waals surface area contributed by atoms with Crippen LogP contribution in [-0.4, -0.2) is 37.4 Å². The van der Waals surface area contributed by atoms with Crippen LogP contribution in [0, 0.1) is 0 Å². The summed E-state index contributed by atoms with van der Waals surface area (Å²) in [5.41, 5.74) is 3.20. The Balaban J connectivity index is 1.46. The summed E-state index contributed by atoms with van der Waals surface area (Å²) in [4.78, 5) is 16.2. The number of carbonyl (C=O) groups is 1. The number of aromatic amines is 1. The Bertz CT molecular complexity index is 1280. The molecule has 176 valence electrons. The van der Waals surface area contributed by atoms with Gasteiger partial charge in [-0.1, -0.05) is 24.3 Å². The maximum Gasteiger partial charge on any atom is 0.343 e. The molecule has 8 nitrogen and oxygen atoms in total. The average Bonchev–Trinajstić information content (AvgIpc) is 3.26. The number of fused-ring (bicyclic) bond motifs is 1. The molecular formula is C26H26N2O6. The van der Waals surface area contributed by atoms with E-state index in [9.17, 15) is 9.90 Å². The molecule has 3 aromatic carbocycles. The minimum Gasteiger partial charge on any atom is -0.504 e. The van der Waals surface area contributed by atoms with Crippen LogP contribution < -0.4 is 24.3 Å². The number of carbonyl (C=O) groups excluding carboxylic acids is 1. The van der Waals surface area contributed by atoms with Gasteiger partial charge in [0.1, 0.15) is 0 Å². The van der Waals surface area contributed by atoms with Crippen LogP contribution in [0.3, 0.4) is 0 Å². The summed E-state index contributed by atoms with van der Waals surface area (Å²) in [6.45, 7) is 1.21. The second-order valence-corrected chi connectivity index (χ2v) is 7.59. The van der Waals surface area contributed by atoms with Crippen LogP contribution in [-0.2, 0) is 13.1 Å². The SMILES string of the molecule is COc1ccc(CNCc2cc3ccccc3[nH]2)cc1OC(=O)c1cc(O)c(OC)c(OC)c1. The van der Waals surface area contributed by atoms with Gasteiger partial charge in [-0.25, -0.2) is 4.79 Å². The lowest BCUT2D eigenvalue weighted by molar-refractivity contribution is 0.0728. The molecule has 8 heteroatoms. The standard InChI is InChI=1S/C26H26N2O6/c1-31-22-9-8-16(14-27-15-19-11-17-6-4-5-7-20(17)28-19)10-23(22)34-26(30)18-12-21(29)25(33-3)24(13-18)32-2/h4-13,27-29H,14-15H2,1-3H3. The van der Waals surface area contributed by atoms with Gasteiger partial charge in [0.25, 0.3) is 0 Å². The highest BCUT2D eigenvalue weighted by atomic mass is 16.6. The third kappa shape index (κ3) is 4.92. The van der Waals surface area contributed by atoms with Crippen molar-refractivity contribution in [3.63, 3.8) is 0 Å². The van der Waals surface area contributed by atoms with Crippen molar-refractivity contribution in [3.8, 4) is 28.7 Å². The zero-order valence-electron chi connectivity index (χ0n) is 19.2. The summed E-state index contributed by atoms with van der Waals surface area (Å²) < 4.78 is 21.2. The number of phenolic OH excluding ortho intramolecular Hbond substituents is 1. The van der Waals surface area contributed by atoms with E-state index >= 15 is 0 Å². The molecule has 0 amide bonds. The highest BCUT2D eigenvalue weighted by Gasteiger charge is 2.19. The molecule has 0 aliphatic heterocycles. The molecule has 1 aromatic heterocycles. The highest BCUT2D eigenvalue weighted by molar-refractivity contribution is 5.93. The highest BCUT2D eigenvalue weighted by Crippen LogP contribution is 2.38. The molecule has 0 bridgehead atoms. The van der Waals surface area contributed by atoms with Crippen LogP contribution in [0.5, 0.6) is 28.7 Å². The van der Waals surface area contributed by atoms with Gasteiger partial charge in [-0.15, -0.1) is 0 Å². The summed E-state index contributed by atoms with van der Waals surface area (Å²) in [5, 5.41) is 14.7. The molecule has 0 radical (unpaired) electrons. The predicted molar refractivity (Wildman–Crippen MR) is 128 cm³/mol. The Labute approximate surface area is 197 Å². The van der Waals surface area contributed by atoms with Gasteiger partial charge in [0.05, 0.1) is 26.9 Å². The predicted octanol–water partition coefficient (Wildman–Crippen LogP) is 4.41. The smallest absolute Gasteiger partial charge is 0.343 e. The van der Waals surface area contributed by atoms with Gasteiger partial charge in [0.2, 0.25) is 5.75 Å². The number of hydrogen-bond acceptors (Lipinski definition) is 7. The zero-order valence-corrected chi connectivity index (χ0v) is 19.2. The number of benzene rings is 3. The Morgan fingerprint density at radius 1 is 0.882 bits per heavy atom. The van der Waals surface area contributed by atoms with Crippen LogP contribution in [0.4, 0.5) is 0 Å². The molecular weight excluding hydrogens is 436 g/mol. The molecule has 0 saturated heterocycles. The molecule has 0 fully saturated rings. The number of phenols is 1. The van der Waals surface area contributed by atoms with E-state index in [0.29, 0.717) is 18.8 Å². The van der Waals surface area contributed by atoms with Gasteiger partial charge in [0, 0.05) is 24.3 Å². The quantitative estimate of drug-likeness (QED) is 0.250. The first-order chi connectivity index (χ1) is 16.5. The summed E-state index contributed by atoms with van der Waals surface area (Å²) in [7, 11) is 4.32. The molecule has 0 atom stereocenters. The number of aromatic hydroxyl groups is 1. The van der Waals surface area contributed by atoms with Crippen molar-refractivity contribution in [3.05, 3.63) is 77.5 Å². The third-order valence-corrected chi connectivity index (χ3v) is 5.36. The van der Waals surface area contributed by atoms with Crippen LogP contribution in [0.15, 0.2) is 60.7 Å². The first-order valence-electron chi connectivity index (χ1n) is 10.6. The first kappa shape index (κ1) is 23.0. The van der Waals surface area contributed by atoms with E-state index in [2.05, 4.69) is 22.4 Å². The number of para-hydroxylation sites is 1. The minimum absolute atomic E-state index is 0.111. The second kappa shape index (κ2) is 10.2. The van der Waals surface area contributed by atoms with Crippen LogP contribution in [0.1, 0.15) is 21.6 Å². The minimum atomic E-state index is -0.669. The molecule has 0 unspecified atom stereocenters. The summed E-state index contributed by atoms with van der Waals surface area (Å²) in [5.74, 6) is 0.147. The summed E-state index contributed by atoms with van der Waals surface area (Å²) in [6, 6.07) is 18.3. The number of methoxy groups -OCH3 is 3. The second-order valence-electron chi connectivity index (χ2n) is 7.59. The number of aromatic nitrogens is 1. The van der Waals surface area contributed by atoms with E-state index in [-0.39, 0.29) is 28.6 Å². The summed E-state index contributed by atoms with van der Waals surface area (Å²) >= 11 is 0. The zero-order chi connectivity index (χ0) is 24.1. The number of hydrogen-bond donors (Lipinski definition) is 3. The van der Waals surface area contributed by atoms with E-state index in [4.69, 9.17) is 18.9 Å². The van der Waals surface area contributed by atoms with Crippen molar-refractivity contribution < 1.29 is 28.8 Å². The van der Waals surface area contributed by atoms with E-state index in [1.807, 2.05) is 24.3 Å². The Morgan fingerprint density at radius 3 is 2.41 bits per heavy atom. The van der Waals surface area contributed by atoms with E-state index < -0.39 is 5.97 Å². The summed E-state index contributed by atoms with van der Waals surface area (Å²) in [6.07, 6.45) is 0. The van der Waals surface area contributed by atoms with Crippen LogP contribution in [0.2, 0.25) is 0 Å². The number of esters is 1. The van der Waals surface area contributed by atoms with Crippen molar-refractivity contribution in [1.82, 2.24) is 10.3 Å². The van der Waals surface area contributed by atoms with Gasteiger partial charge >= 0.3 is 5.97 Å². The molecule has 0 saturated carbocycles. The van der Waals surface area contributed by atoms with Gasteiger partial charge < -0.3 is 34.4 Å². The van der Waals surface area contributed by atoms with Crippen LogP contribution >= 0.6 is 0 Å². The number of ether oxygens (including phenoxy) is 4. The average molecular weight is 463 g/mol. The molecule has 0 spiro atoms. The normalized spacial score (nSPS) is 10.8. The van der Waals surface area contributed by atoms with Gasteiger partial charge in [0.15, 0.2) is 23.0 Å². The molecule has 4 rings (SSSR count). The Kier molecular flexibility index (Phi) is 6.89. The third-order valence-electron chi connectivity index (χ3n) is 5.36. The molecule has 0 aliphatic rings. The van der Waals surface area contributed by atoms with Crippen molar-refractivity contribution in [2.45, 2.75) is 13.1 Å². The van der Waals surface area contributed by atoms with Gasteiger partial charge in [-0.05, 0) is 47.3 Å². The van der Waals surface area contributed by atoms with Crippen molar-refractivity contribution in [2.24, 2.45) is 0 Å². The molecule has 4 aromatic rings. The largest absolute Gasteiger partial charge is 0.504 e. The molecule has 34 heavy (non-hydrogen) atoms. The number of H-pyrrole nitrogens is 1. The van der Waals surface area contributed by atoms with E-state index in [1.54, 1.807) is 12.1 Å². The Hall–Kier alpha value is -4.17. The monoisotopic (exact) mass is 462 g/mol. The van der Waals surface area contributed by atoms with Crippen LogP contribution in [0.25, 0.3) is 10.9 Å². The maximum absolute atomic E-state index is 12.8. The Morgan fingerprint density at radius 2 is 1.68 bits per heavy atom. The van der Waals surface area contributed by atoms with Gasteiger partial charge in [-0.3, -0.25) is 0 Å². The lowest BCUT2D eigenvalue weighted by Crippen LogP contribution is -2.14. The topological polar surface area (TPSA) is 102 Å².